The van der Waals surface area contributed by atoms with Gasteiger partial charge in [-0.05, 0) is 23.3 Å². The van der Waals surface area contributed by atoms with Crippen LogP contribution in [-0.4, -0.2) is 21.0 Å². The molecule has 0 saturated heterocycles. The average molecular weight is 260 g/mol. The molecule has 3 rings (SSSR count). The second-order valence-corrected chi connectivity index (χ2v) is 5.13. The molecule has 92 valence electrons. The van der Waals surface area contributed by atoms with E-state index < -0.39 is 5.97 Å². The SMILES string of the molecule is O=C(O)c1ccc2c(c1)CN(Cc1cscn1)C2. The van der Waals surface area contributed by atoms with Crippen molar-refractivity contribution in [2.24, 2.45) is 0 Å². The lowest BCUT2D eigenvalue weighted by atomic mass is 10.1. The van der Waals surface area contributed by atoms with Crippen molar-refractivity contribution in [1.29, 1.82) is 0 Å². The molecule has 0 bridgehead atoms. The zero-order valence-corrected chi connectivity index (χ0v) is 10.5. The number of nitrogens with zero attached hydrogens (tertiary/aromatic N) is 2. The highest BCUT2D eigenvalue weighted by atomic mass is 32.1. The molecule has 2 aromatic rings. The molecule has 2 heterocycles. The number of benzene rings is 1. The molecule has 1 aromatic carbocycles. The van der Waals surface area contributed by atoms with Crippen LogP contribution in [0.5, 0.6) is 0 Å². The Morgan fingerprint density at radius 3 is 2.94 bits per heavy atom. The molecule has 0 spiro atoms. The Hall–Kier alpha value is -1.72. The van der Waals surface area contributed by atoms with E-state index in [0.29, 0.717) is 5.56 Å². The summed E-state index contributed by atoms with van der Waals surface area (Å²) in [7, 11) is 0. The number of aromatic carboxylic acids is 1. The Balaban J connectivity index is 1.77. The lowest BCUT2D eigenvalue weighted by Crippen LogP contribution is -2.15. The van der Waals surface area contributed by atoms with Crippen molar-refractivity contribution in [3.8, 4) is 0 Å². The number of rotatable bonds is 3. The summed E-state index contributed by atoms with van der Waals surface area (Å²) in [5.41, 5.74) is 5.61. The highest BCUT2D eigenvalue weighted by Crippen LogP contribution is 2.25. The maximum atomic E-state index is 10.9. The molecule has 0 amide bonds. The van der Waals surface area contributed by atoms with Crippen LogP contribution < -0.4 is 0 Å². The van der Waals surface area contributed by atoms with E-state index >= 15 is 0 Å². The largest absolute Gasteiger partial charge is 0.478 e. The van der Waals surface area contributed by atoms with Crippen LogP contribution in [0.4, 0.5) is 0 Å². The quantitative estimate of drug-likeness (QED) is 0.920. The molecule has 0 atom stereocenters. The van der Waals surface area contributed by atoms with E-state index in [1.165, 1.54) is 5.56 Å². The van der Waals surface area contributed by atoms with Crippen LogP contribution in [0.15, 0.2) is 29.1 Å². The van der Waals surface area contributed by atoms with Gasteiger partial charge in [-0.1, -0.05) is 6.07 Å². The molecule has 4 nitrogen and oxygen atoms in total. The molecule has 1 aliphatic heterocycles. The maximum absolute atomic E-state index is 10.9. The third kappa shape index (κ3) is 2.14. The van der Waals surface area contributed by atoms with E-state index in [9.17, 15) is 4.79 Å². The zero-order chi connectivity index (χ0) is 12.5. The highest BCUT2D eigenvalue weighted by molar-refractivity contribution is 7.07. The van der Waals surface area contributed by atoms with Gasteiger partial charge in [-0.25, -0.2) is 9.78 Å². The first kappa shape index (κ1) is 11.4. The summed E-state index contributed by atoms with van der Waals surface area (Å²) >= 11 is 1.60. The number of carboxylic acid groups (broad SMARTS) is 1. The van der Waals surface area contributed by atoms with Crippen LogP contribution in [0.1, 0.15) is 27.2 Å². The van der Waals surface area contributed by atoms with Crippen molar-refractivity contribution in [3.05, 3.63) is 51.5 Å². The Labute approximate surface area is 109 Å². The first-order valence-electron chi connectivity index (χ1n) is 5.67. The fourth-order valence-electron chi connectivity index (χ4n) is 2.25. The average Bonchev–Trinajstić information content (AvgIpc) is 2.96. The van der Waals surface area contributed by atoms with Crippen LogP contribution in [-0.2, 0) is 19.6 Å². The van der Waals surface area contributed by atoms with Gasteiger partial charge in [0.2, 0.25) is 0 Å². The van der Waals surface area contributed by atoms with Crippen LogP contribution in [0.25, 0.3) is 0 Å². The molecule has 0 fully saturated rings. The van der Waals surface area contributed by atoms with E-state index in [-0.39, 0.29) is 0 Å². The molecule has 0 aliphatic carbocycles. The van der Waals surface area contributed by atoms with E-state index in [4.69, 9.17) is 5.11 Å². The number of carbonyl (C=O) groups is 1. The zero-order valence-electron chi connectivity index (χ0n) is 9.67. The van der Waals surface area contributed by atoms with Gasteiger partial charge < -0.3 is 5.11 Å². The van der Waals surface area contributed by atoms with Crippen molar-refractivity contribution in [2.45, 2.75) is 19.6 Å². The van der Waals surface area contributed by atoms with E-state index in [1.54, 1.807) is 23.5 Å². The third-order valence-corrected chi connectivity index (χ3v) is 3.75. The predicted molar refractivity (Wildman–Crippen MR) is 68.5 cm³/mol. The van der Waals surface area contributed by atoms with E-state index in [1.807, 2.05) is 17.0 Å². The summed E-state index contributed by atoms with van der Waals surface area (Å²) in [5, 5.41) is 11.0. The second kappa shape index (κ2) is 4.51. The van der Waals surface area contributed by atoms with Gasteiger partial charge in [-0.15, -0.1) is 11.3 Å². The van der Waals surface area contributed by atoms with Crippen LogP contribution in [0.3, 0.4) is 0 Å². The molecule has 0 radical (unpaired) electrons. The van der Waals surface area contributed by atoms with Crippen molar-refractivity contribution in [2.75, 3.05) is 0 Å². The Kier molecular flexibility index (Phi) is 2.85. The summed E-state index contributed by atoms with van der Waals surface area (Å²) in [6.07, 6.45) is 0. The minimum absolute atomic E-state index is 0.365. The first-order chi connectivity index (χ1) is 8.72. The highest BCUT2D eigenvalue weighted by Gasteiger charge is 2.20. The number of hydrogen-bond donors (Lipinski definition) is 1. The fraction of sp³-hybridized carbons (Fsp3) is 0.231. The minimum Gasteiger partial charge on any atom is -0.478 e. The number of thiazole rings is 1. The lowest BCUT2D eigenvalue weighted by Gasteiger charge is -2.12. The summed E-state index contributed by atoms with van der Waals surface area (Å²) in [5.74, 6) is -0.865. The molecule has 1 aromatic heterocycles. The van der Waals surface area contributed by atoms with Crippen molar-refractivity contribution in [1.82, 2.24) is 9.88 Å². The Morgan fingerprint density at radius 2 is 2.22 bits per heavy atom. The molecule has 0 saturated carbocycles. The molecule has 0 unspecified atom stereocenters. The number of aromatic nitrogens is 1. The van der Waals surface area contributed by atoms with Gasteiger partial charge >= 0.3 is 5.97 Å². The molecule has 18 heavy (non-hydrogen) atoms. The maximum Gasteiger partial charge on any atom is 0.335 e. The second-order valence-electron chi connectivity index (χ2n) is 4.41. The summed E-state index contributed by atoms with van der Waals surface area (Å²) < 4.78 is 0. The van der Waals surface area contributed by atoms with Gasteiger partial charge in [0.05, 0.1) is 16.8 Å². The van der Waals surface area contributed by atoms with Crippen LogP contribution >= 0.6 is 11.3 Å². The molecular formula is C13H12N2O2S. The number of hydrogen-bond acceptors (Lipinski definition) is 4. The Bertz CT molecular complexity index is 581. The third-order valence-electron chi connectivity index (χ3n) is 3.11. The summed E-state index contributed by atoms with van der Waals surface area (Å²) in [4.78, 5) is 17.5. The summed E-state index contributed by atoms with van der Waals surface area (Å²) in [6.45, 7) is 2.49. The predicted octanol–water partition coefficient (Wildman–Crippen LogP) is 2.36. The monoisotopic (exact) mass is 260 g/mol. The number of carboxylic acids is 1. The van der Waals surface area contributed by atoms with Crippen LogP contribution in [0, 0.1) is 0 Å². The standard InChI is InChI=1S/C13H12N2O2S/c16-13(17)9-1-2-10-4-15(5-11(10)3-9)6-12-7-18-8-14-12/h1-3,7-8H,4-6H2,(H,16,17). The van der Waals surface area contributed by atoms with E-state index in [0.717, 1.165) is 30.9 Å². The summed E-state index contributed by atoms with van der Waals surface area (Å²) in [6, 6.07) is 5.37. The molecule has 1 N–H and O–H groups in total. The van der Waals surface area contributed by atoms with Gasteiger partial charge in [0.15, 0.2) is 0 Å². The molecular weight excluding hydrogens is 248 g/mol. The van der Waals surface area contributed by atoms with Crippen molar-refractivity contribution in [3.63, 3.8) is 0 Å². The van der Waals surface area contributed by atoms with Crippen LogP contribution in [0.2, 0.25) is 0 Å². The lowest BCUT2D eigenvalue weighted by molar-refractivity contribution is 0.0696. The van der Waals surface area contributed by atoms with E-state index in [2.05, 4.69) is 9.88 Å². The van der Waals surface area contributed by atoms with Gasteiger partial charge in [0.25, 0.3) is 0 Å². The topological polar surface area (TPSA) is 53.4 Å². The van der Waals surface area contributed by atoms with Gasteiger partial charge in [-0.2, -0.15) is 0 Å². The molecule has 1 aliphatic rings. The Morgan fingerprint density at radius 1 is 1.39 bits per heavy atom. The molecule has 5 heteroatoms. The number of fused-ring (bicyclic) bond motifs is 1. The van der Waals surface area contributed by atoms with Gasteiger partial charge in [0.1, 0.15) is 0 Å². The van der Waals surface area contributed by atoms with Crippen molar-refractivity contribution < 1.29 is 9.90 Å². The first-order valence-corrected chi connectivity index (χ1v) is 6.61. The van der Waals surface area contributed by atoms with Gasteiger partial charge in [-0.3, -0.25) is 4.90 Å². The smallest absolute Gasteiger partial charge is 0.335 e. The van der Waals surface area contributed by atoms with Crippen molar-refractivity contribution >= 4 is 17.3 Å². The minimum atomic E-state index is -0.865. The normalized spacial score (nSPS) is 14.7. The van der Waals surface area contributed by atoms with Gasteiger partial charge in [0, 0.05) is 25.0 Å². The fourth-order valence-corrected chi connectivity index (χ4v) is 2.80.